The first-order valence-electron chi connectivity index (χ1n) is 7.94. The van der Waals surface area contributed by atoms with Gasteiger partial charge in [0.1, 0.15) is 17.8 Å². The molecule has 0 radical (unpaired) electrons. The summed E-state index contributed by atoms with van der Waals surface area (Å²) in [6, 6.07) is 11.5. The lowest BCUT2D eigenvalue weighted by molar-refractivity contribution is -0.0168. The number of rotatable bonds is 5. The molecule has 0 amide bonds. The summed E-state index contributed by atoms with van der Waals surface area (Å²) in [7, 11) is 1.65. The van der Waals surface area contributed by atoms with Gasteiger partial charge in [0.15, 0.2) is 11.9 Å². The average molecular weight is 390 g/mol. The number of hydrogen-bond donors (Lipinski definition) is 0. The largest absolute Gasteiger partial charge is 0.495 e. The smallest absolute Gasteiger partial charge is 0.196 e. The van der Waals surface area contributed by atoms with Crippen molar-refractivity contribution in [1.82, 2.24) is 14.8 Å². The molecule has 0 saturated carbocycles. The Morgan fingerprint density at radius 3 is 3.08 bits per heavy atom. The van der Waals surface area contributed by atoms with Crippen molar-refractivity contribution in [3.8, 4) is 17.2 Å². The summed E-state index contributed by atoms with van der Waals surface area (Å²) in [5.41, 5.74) is 2.86. The van der Waals surface area contributed by atoms with Crippen LogP contribution in [-0.4, -0.2) is 28.7 Å². The van der Waals surface area contributed by atoms with Crippen molar-refractivity contribution in [3.63, 3.8) is 0 Å². The van der Waals surface area contributed by atoms with Crippen LogP contribution >= 0.6 is 23.4 Å². The molecule has 6 nitrogen and oxygen atoms in total. The first kappa shape index (κ1) is 17.2. The van der Waals surface area contributed by atoms with E-state index >= 15 is 0 Å². The van der Waals surface area contributed by atoms with Crippen LogP contribution in [0.1, 0.15) is 11.1 Å². The molecule has 1 aliphatic rings. The Hall–Kier alpha value is -2.22. The lowest BCUT2D eigenvalue weighted by atomic mass is 10.1. The van der Waals surface area contributed by atoms with Crippen LogP contribution in [0.3, 0.4) is 0 Å². The van der Waals surface area contributed by atoms with Gasteiger partial charge < -0.3 is 14.2 Å². The molecule has 3 aromatic rings. The highest BCUT2D eigenvalue weighted by atomic mass is 35.5. The first-order valence-corrected chi connectivity index (χ1v) is 9.30. The average Bonchev–Trinajstić information content (AvgIpc) is 3.14. The van der Waals surface area contributed by atoms with Crippen molar-refractivity contribution in [1.29, 1.82) is 0 Å². The Labute approximate surface area is 160 Å². The molecule has 1 aromatic heterocycles. The molecular formula is C18H16ClN3O3S. The number of para-hydroxylation sites is 2. The molecule has 0 N–H and O–H groups in total. The van der Waals surface area contributed by atoms with Gasteiger partial charge in [-0.15, -0.1) is 10.2 Å². The molecule has 0 fully saturated rings. The van der Waals surface area contributed by atoms with Gasteiger partial charge in [-0.25, -0.2) is 0 Å². The Morgan fingerprint density at radius 2 is 2.19 bits per heavy atom. The second-order valence-corrected chi connectivity index (χ2v) is 6.99. The normalized spacial score (nSPS) is 13.2. The van der Waals surface area contributed by atoms with Crippen molar-refractivity contribution in [2.45, 2.75) is 17.5 Å². The zero-order valence-corrected chi connectivity index (χ0v) is 15.6. The van der Waals surface area contributed by atoms with Gasteiger partial charge in [0.25, 0.3) is 0 Å². The first-order chi connectivity index (χ1) is 12.8. The number of fused-ring (bicyclic) bond motifs is 1. The van der Waals surface area contributed by atoms with Crippen molar-refractivity contribution in [3.05, 3.63) is 58.9 Å². The molecule has 4 rings (SSSR count). The van der Waals surface area contributed by atoms with Crippen LogP contribution in [0.15, 0.2) is 47.9 Å². The van der Waals surface area contributed by atoms with E-state index in [0.29, 0.717) is 17.4 Å². The lowest BCUT2D eigenvalue weighted by Gasteiger charge is -2.21. The van der Waals surface area contributed by atoms with Crippen LogP contribution in [0.25, 0.3) is 5.69 Å². The summed E-state index contributed by atoms with van der Waals surface area (Å²) in [5.74, 6) is 2.25. The zero-order chi connectivity index (χ0) is 17.9. The number of ether oxygens (including phenoxy) is 3. The summed E-state index contributed by atoms with van der Waals surface area (Å²) >= 11 is 7.80. The predicted octanol–water partition coefficient (Wildman–Crippen LogP) is 4.09. The standard InChI is InChI=1S/C18H16ClN3O3S/c1-23-16-5-3-2-4-15(16)22-10-20-21-18(22)26-9-13-7-14(19)6-12-8-24-11-25-17(12)13/h2-7,10H,8-9,11H2,1H3. The van der Waals surface area contributed by atoms with Gasteiger partial charge in [-0.3, -0.25) is 4.57 Å². The topological polar surface area (TPSA) is 58.4 Å². The van der Waals surface area contributed by atoms with Gasteiger partial charge in [-0.2, -0.15) is 0 Å². The van der Waals surface area contributed by atoms with Crippen LogP contribution in [0.2, 0.25) is 5.02 Å². The van der Waals surface area contributed by atoms with E-state index in [2.05, 4.69) is 10.2 Å². The van der Waals surface area contributed by atoms with Crippen molar-refractivity contribution in [2.24, 2.45) is 0 Å². The summed E-state index contributed by atoms with van der Waals surface area (Å²) in [6.45, 7) is 0.759. The van der Waals surface area contributed by atoms with E-state index in [1.807, 2.05) is 41.0 Å². The number of halogens is 1. The second kappa shape index (κ2) is 7.57. The van der Waals surface area contributed by atoms with Crippen LogP contribution < -0.4 is 9.47 Å². The van der Waals surface area contributed by atoms with E-state index in [4.69, 9.17) is 25.8 Å². The number of methoxy groups -OCH3 is 1. The van der Waals surface area contributed by atoms with Crippen molar-refractivity contribution >= 4 is 23.4 Å². The molecule has 0 aliphatic carbocycles. The van der Waals surface area contributed by atoms with Crippen LogP contribution in [0.4, 0.5) is 0 Å². The SMILES string of the molecule is COc1ccccc1-n1cnnc1SCc1cc(Cl)cc2c1OCOC2. The van der Waals surface area contributed by atoms with E-state index in [-0.39, 0.29) is 6.79 Å². The minimum atomic E-state index is 0.254. The highest BCUT2D eigenvalue weighted by Gasteiger charge is 2.18. The van der Waals surface area contributed by atoms with Crippen LogP contribution in [0.5, 0.6) is 11.5 Å². The lowest BCUT2D eigenvalue weighted by Crippen LogP contribution is -2.13. The molecule has 134 valence electrons. The Balaban J connectivity index is 1.61. The third kappa shape index (κ3) is 3.38. The molecule has 2 heterocycles. The molecule has 1 aliphatic heterocycles. The molecule has 2 aromatic carbocycles. The van der Waals surface area contributed by atoms with Crippen molar-refractivity contribution < 1.29 is 14.2 Å². The Kier molecular flexibility index (Phi) is 5.01. The van der Waals surface area contributed by atoms with E-state index in [0.717, 1.165) is 33.5 Å². The summed E-state index contributed by atoms with van der Waals surface area (Å²) in [4.78, 5) is 0. The summed E-state index contributed by atoms with van der Waals surface area (Å²) in [5, 5.41) is 9.72. The molecule has 26 heavy (non-hydrogen) atoms. The van der Waals surface area contributed by atoms with Gasteiger partial charge in [0.2, 0.25) is 0 Å². The zero-order valence-electron chi connectivity index (χ0n) is 14.0. The number of benzene rings is 2. The fraction of sp³-hybridized carbons (Fsp3) is 0.222. The molecule has 0 spiro atoms. The summed E-state index contributed by atoms with van der Waals surface area (Å²) in [6.07, 6.45) is 1.68. The minimum absolute atomic E-state index is 0.254. The molecule has 8 heteroatoms. The number of nitrogens with zero attached hydrogens (tertiary/aromatic N) is 3. The summed E-state index contributed by atoms with van der Waals surface area (Å²) < 4.78 is 18.4. The predicted molar refractivity (Wildman–Crippen MR) is 99.2 cm³/mol. The Bertz CT molecular complexity index is 932. The molecule has 0 unspecified atom stereocenters. The fourth-order valence-corrected chi connectivity index (χ4v) is 3.97. The van der Waals surface area contributed by atoms with Gasteiger partial charge in [0.05, 0.1) is 19.4 Å². The third-order valence-electron chi connectivity index (χ3n) is 3.97. The molecule has 0 bridgehead atoms. The number of hydrogen-bond acceptors (Lipinski definition) is 6. The highest BCUT2D eigenvalue weighted by molar-refractivity contribution is 7.98. The van der Waals surface area contributed by atoms with Gasteiger partial charge in [0, 0.05) is 21.9 Å². The van der Waals surface area contributed by atoms with Crippen LogP contribution in [0, 0.1) is 0 Å². The molecule has 0 saturated heterocycles. The minimum Gasteiger partial charge on any atom is -0.495 e. The van der Waals surface area contributed by atoms with E-state index in [1.165, 1.54) is 0 Å². The van der Waals surface area contributed by atoms with E-state index in [9.17, 15) is 0 Å². The Morgan fingerprint density at radius 1 is 1.31 bits per heavy atom. The molecule has 0 atom stereocenters. The number of aromatic nitrogens is 3. The van der Waals surface area contributed by atoms with E-state index < -0.39 is 0 Å². The van der Waals surface area contributed by atoms with Gasteiger partial charge in [-0.05, 0) is 24.3 Å². The number of thioether (sulfide) groups is 1. The van der Waals surface area contributed by atoms with E-state index in [1.54, 1.807) is 25.2 Å². The highest BCUT2D eigenvalue weighted by Crippen LogP contribution is 2.36. The molecular weight excluding hydrogens is 374 g/mol. The maximum absolute atomic E-state index is 6.24. The second-order valence-electron chi connectivity index (χ2n) is 5.61. The quantitative estimate of drug-likeness (QED) is 0.612. The maximum Gasteiger partial charge on any atom is 0.196 e. The fourth-order valence-electron chi connectivity index (χ4n) is 2.82. The van der Waals surface area contributed by atoms with Crippen LogP contribution in [-0.2, 0) is 17.1 Å². The van der Waals surface area contributed by atoms with Gasteiger partial charge >= 0.3 is 0 Å². The van der Waals surface area contributed by atoms with Crippen molar-refractivity contribution in [2.75, 3.05) is 13.9 Å². The monoisotopic (exact) mass is 389 g/mol. The maximum atomic E-state index is 6.24. The van der Waals surface area contributed by atoms with Gasteiger partial charge in [-0.1, -0.05) is 35.5 Å². The third-order valence-corrected chi connectivity index (χ3v) is 5.18.